The van der Waals surface area contributed by atoms with E-state index in [1.165, 1.54) is 6.26 Å². The lowest BCUT2D eigenvalue weighted by molar-refractivity contribution is -0.121. The molecule has 1 atom stereocenters. The summed E-state index contributed by atoms with van der Waals surface area (Å²) in [5.41, 5.74) is 0.989. The monoisotopic (exact) mass is 348 g/mol. The Morgan fingerprint density at radius 1 is 1.35 bits per heavy atom. The maximum Gasteiger partial charge on any atom is 0.221 e. The lowest BCUT2D eigenvalue weighted by Gasteiger charge is -2.13. The number of nitrogens with zero attached hydrogens (tertiary/aromatic N) is 1. The molecule has 23 heavy (non-hydrogen) atoms. The summed E-state index contributed by atoms with van der Waals surface area (Å²) < 4.78 is 7.32. The number of rotatable bonds is 7. The van der Waals surface area contributed by atoms with Crippen molar-refractivity contribution in [3.8, 4) is 0 Å². The topological polar surface area (TPSA) is 75.4 Å². The summed E-state index contributed by atoms with van der Waals surface area (Å²) in [4.78, 5) is 16.5. The van der Waals surface area contributed by atoms with E-state index in [0.717, 1.165) is 14.6 Å². The molecule has 2 N–H and O–H groups in total. The van der Waals surface area contributed by atoms with Crippen LogP contribution in [0.15, 0.2) is 51.4 Å². The van der Waals surface area contributed by atoms with Gasteiger partial charge in [0, 0.05) is 12.2 Å². The number of thioether (sulfide) groups is 1. The molecule has 0 fully saturated rings. The van der Waals surface area contributed by atoms with E-state index in [-0.39, 0.29) is 12.5 Å². The van der Waals surface area contributed by atoms with Crippen molar-refractivity contribution < 1.29 is 14.3 Å². The van der Waals surface area contributed by atoms with Gasteiger partial charge in [0.15, 0.2) is 4.34 Å². The molecule has 0 aliphatic heterocycles. The number of nitrogens with one attached hydrogen (secondary N) is 1. The molecule has 0 saturated carbocycles. The largest absolute Gasteiger partial charge is 0.467 e. The first-order valence-corrected chi connectivity index (χ1v) is 8.98. The van der Waals surface area contributed by atoms with E-state index in [0.29, 0.717) is 17.9 Å². The normalized spacial score (nSPS) is 12.4. The minimum Gasteiger partial charge on any atom is -0.467 e. The summed E-state index contributed by atoms with van der Waals surface area (Å²) in [6, 6.07) is 10.9. The second kappa shape index (κ2) is 7.63. The Balaban J connectivity index is 1.49. The van der Waals surface area contributed by atoms with Gasteiger partial charge in [0.2, 0.25) is 5.91 Å². The van der Waals surface area contributed by atoms with Gasteiger partial charge in [0.25, 0.3) is 0 Å². The van der Waals surface area contributed by atoms with Crippen LogP contribution in [0.3, 0.4) is 0 Å². The number of carbonyl (C=O) groups excluding carboxylic acids is 1. The fourth-order valence-electron chi connectivity index (χ4n) is 2.11. The number of furan rings is 1. The third-order valence-corrected chi connectivity index (χ3v) is 5.41. The molecule has 0 bridgehead atoms. The van der Waals surface area contributed by atoms with Gasteiger partial charge in [-0.2, -0.15) is 0 Å². The Morgan fingerprint density at radius 3 is 2.96 bits per heavy atom. The van der Waals surface area contributed by atoms with Gasteiger partial charge in [0.05, 0.1) is 23.1 Å². The molecule has 0 aliphatic rings. The van der Waals surface area contributed by atoms with Crippen molar-refractivity contribution in [1.29, 1.82) is 0 Å². The number of amides is 1. The molecule has 0 saturated heterocycles. The Kier molecular flexibility index (Phi) is 5.32. The zero-order chi connectivity index (χ0) is 16.1. The molecule has 0 radical (unpaired) electrons. The van der Waals surface area contributed by atoms with E-state index in [1.54, 1.807) is 35.2 Å². The van der Waals surface area contributed by atoms with Crippen molar-refractivity contribution in [2.24, 2.45) is 0 Å². The first-order chi connectivity index (χ1) is 11.3. The Bertz CT molecular complexity index is 738. The number of para-hydroxylation sites is 1. The van der Waals surface area contributed by atoms with Gasteiger partial charge >= 0.3 is 0 Å². The van der Waals surface area contributed by atoms with Crippen LogP contribution in [0.1, 0.15) is 18.2 Å². The summed E-state index contributed by atoms with van der Waals surface area (Å²) in [5.74, 6) is 1.08. The smallest absolute Gasteiger partial charge is 0.221 e. The highest BCUT2D eigenvalue weighted by Gasteiger charge is 2.16. The highest BCUT2D eigenvalue weighted by Crippen LogP contribution is 2.29. The molecule has 0 spiro atoms. The van der Waals surface area contributed by atoms with Gasteiger partial charge in [0.1, 0.15) is 11.8 Å². The van der Waals surface area contributed by atoms with Gasteiger partial charge in [-0.3, -0.25) is 4.79 Å². The third-order valence-electron chi connectivity index (χ3n) is 3.23. The molecule has 3 rings (SSSR count). The van der Waals surface area contributed by atoms with Crippen LogP contribution in [0.5, 0.6) is 0 Å². The van der Waals surface area contributed by atoms with Crippen molar-refractivity contribution in [3.05, 3.63) is 48.4 Å². The van der Waals surface area contributed by atoms with Crippen LogP contribution >= 0.6 is 23.1 Å². The van der Waals surface area contributed by atoms with E-state index >= 15 is 0 Å². The van der Waals surface area contributed by atoms with E-state index < -0.39 is 6.04 Å². The lowest BCUT2D eigenvalue weighted by atomic mass is 10.2. The predicted molar refractivity (Wildman–Crippen MR) is 91.6 cm³/mol. The highest BCUT2D eigenvalue weighted by molar-refractivity contribution is 8.01. The van der Waals surface area contributed by atoms with Crippen molar-refractivity contribution in [2.45, 2.75) is 16.8 Å². The molecule has 2 heterocycles. The van der Waals surface area contributed by atoms with Crippen LogP contribution in [0, 0.1) is 0 Å². The van der Waals surface area contributed by atoms with Crippen molar-refractivity contribution in [2.75, 3.05) is 12.4 Å². The minimum absolute atomic E-state index is 0.117. The highest BCUT2D eigenvalue weighted by atomic mass is 32.2. The van der Waals surface area contributed by atoms with E-state index in [9.17, 15) is 9.90 Å². The van der Waals surface area contributed by atoms with Crippen LogP contribution in [0.2, 0.25) is 0 Å². The fraction of sp³-hybridized carbons (Fsp3) is 0.250. The number of thiazole rings is 1. The number of hydrogen-bond donors (Lipinski definition) is 2. The Labute approximate surface area is 141 Å². The zero-order valence-corrected chi connectivity index (χ0v) is 13.9. The van der Waals surface area contributed by atoms with E-state index in [4.69, 9.17) is 4.42 Å². The molecule has 5 nitrogen and oxygen atoms in total. The maximum atomic E-state index is 12.0. The summed E-state index contributed by atoms with van der Waals surface area (Å²) in [6.07, 6.45) is 1.88. The maximum absolute atomic E-state index is 12.0. The molecule has 0 aliphatic carbocycles. The number of aliphatic hydroxyl groups is 1. The minimum atomic E-state index is -0.495. The van der Waals surface area contributed by atoms with Crippen LogP contribution < -0.4 is 5.32 Å². The van der Waals surface area contributed by atoms with Crippen molar-refractivity contribution in [3.63, 3.8) is 0 Å². The molecule has 1 aromatic carbocycles. The predicted octanol–water partition coefficient (Wildman–Crippen LogP) is 3.22. The fourth-order valence-corrected chi connectivity index (χ4v) is 4.18. The number of aromatic nitrogens is 1. The average molecular weight is 348 g/mol. The Morgan fingerprint density at radius 2 is 2.22 bits per heavy atom. The molecule has 1 unspecified atom stereocenters. The quantitative estimate of drug-likeness (QED) is 0.641. The first kappa shape index (κ1) is 16.0. The van der Waals surface area contributed by atoms with Crippen LogP contribution in [0.4, 0.5) is 0 Å². The molecule has 3 aromatic rings. The molecule has 120 valence electrons. The number of aliphatic hydroxyl groups excluding tert-OH is 1. The molecular weight excluding hydrogens is 332 g/mol. The standard InChI is InChI=1S/C16H16N2O3S2/c19-10-12(13-5-3-8-21-13)17-15(20)7-9-22-16-18-11-4-1-2-6-14(11)23-16/h1-6,8,12,19H,7,9-10H2,(H,17,20). The Hall–Kier alpha value is -1.83. The van der Waals surface area contributed by atoms with Crippen LogP contribution in [-0.4, -0.2) is 28.4 Å². The van der Waals surface area contributed by atoms with Gasteiger partial charge in [-0.1, -0.05) is 23.9 Å². The second-order valence-corrected chi connectivity index (χ2v) is 7.24. The third kappa shape index (κ3) is 4.13. The van der Waals surface area contributed by atoms with Gasteiger partial charge in [-0.05, 0) is 24.3 Å². The lowest BCUT2D eigenvalue weighted by Crippen LogP contribution is -2.30. The summed E-state index contributed by atoms with van der Waals surface area (Å²) in [7, 11) is 0. The SMILES string of the molecule is O=C(CCSc1nc2ccccc2s1)NC(CO)c1ccco1. The summed E-state index contributed by atoms with van der Waals surface area (Å²) in [6.45, 7) is -0.190. The van der Waals surface area contributed by atoms with E-state index in [2.05, 4.69) is 10.3 Å². The van der Waals surface area contributed by atoms with Crippen LogP contribution in [0.25, 0.3) is 10.2 Å². The number of fused-ring (bicyclic) bond motifs is 1. The summed E-state index contributed by atoms with van der Waals surface area (Å²) >= 11 is 3.20. The van der Waals surface area contributed by atoms with Crippen molar-refractivity contribution in [1.82, 2.24) is 10.3 Å². The first-order valence-electron chi connectivity index (χ1n) is 7.18. The van der Waals surface area contributed by atoms with Gasteiger partial charge < -0.3 is 14.8 Å². The number of benzene rings is 1. The molecular formula is C16H16N2O3S2. The molecule has 1 amide bonds. The van der Waals surface area contributed by atoms with Crippen molar-refractivity contribution >= 4 is 39.2 Å². The molecule has 2 aromatic heterocycles. The zero-order valence-electron chi connectivity index (χ0n) is 12.3. The number of carbonyl (C=O) groups is 1. The second-order valence-electron chi connectivity index (χ2n) is 4.86. The molecule has 7 heteroatoms. The van der Waals surface area contributed by atoms with Crippen LogP contribution in [-0.2, 0) is 4.79 Å². The van der Waals surface area contributed by atoms with Gasteiger partial charge in [-0.15, -0.1) is 11.3 Å². The average Bonchev–Trinajstić information content (AvgIpc) is 3.21. The summed E-state index contributed by atoms with van der Waals surface area (Å²) in [5, 5.41) is 12.1. The number of hydrogen-bond acceptors (Lipinski definition) is 6. The van der Waals surface area contributed by atoms with Gasteiger partial charge in [-0.25, -0.2) is 4.98 Å². The van der Waals surface area contributed by atoms with E-state index in [1.807, 2.05) is 24.3 Å².